The number of carbonyl (C=O) groups excluding carboxylic acids is 2. The van der Waals surface area contributed by atoms with Crippen LogP contribution in [0.2, 0.25) is 0 Å². The second kappa shape index (κ2) is 11.1. The van der Waals surface area contributed by atoms with Gasteiger partial charge in [-0.15, -0.1) is 0 Å². The molecule has 1 heterocycles. The number of aliphatic hydroxyl groups excluding tert-OH is 1. The number of aromatic nitrogens is 1. The molecule has 1 aromatic heterocycles. The Labute approximate surface area is 179 Å². The number of pyridine rings is 1. The van der Waals surface area contributed by atoms with Gasteiger partial charge in [0, 0.05) is 24.5 Å². The van der Waals surface area contributed by atoms with Gasteiger partial charge < -0.3 is 15.7 Å². The molecule has 0 spiro atoms. The van der Waals surface area contributed by atoms with E-state index in [4.69, 9.17) is 0 Å². The van der Waals surface area contributed by atoms with Crippen LogP contribution in [0.4, 0.5) is 0 Å². The van der Waals surface area contributed by atoms with E-state index in [9.17, 15) is 14.7 Å². The summed E-state index contributed by atoms with van der Waals surface area (Å²) in [6, 6.07) is 9.00. The van der Waals surface area contributed by atoms with Crippen molar-refractivity contribution in [3.63, 3.8) is 0 Å². The Hall–Kier alpha value is -2.47. The lowest BCUT2D eigenvalue weighted by Gasteiger charge is -2.29. The predicted octanol–water partition coefficient (Wildman–Crippen LogP) is 3.54. The van der Waals surface area contributed by atoms with Crippen LogP contribution in [0.25, 0.3) is 10.9 Å². The number of nitrogens with zero attached hydrogens (tertiary/aromatic N) is 1. The summed E-state index contributed by atoms with van der Waals surface area (Å²) in [7, 11) is 1.61. The van der Waals surface area contributed by atoms with Crippen molar-refractivity contribution in [1.29, 1.82) is 0 Å². The minimum Gasteiger partial charge on any atom is -0.391 e. The SMILES string of the molecule is CNC(=O)[C@H](CC(C)C)C[C@H](O)[C@H](CC(C)C)NC(=O)c1cnc2ccccc2c1. The molecule has 164 valence electrons. The lowest BCUT2D eigenvalue weighted by Crippen LogP contribution is -2.46. The third kappa shape index (κ3) is 6.80. The first-order valence-electron chi connectivity index (χ1n) is 10.8. The Bertz CT molecular complexity index is 850. The molecule has 0 bridgehead atoms. The van der Waals surface area contributed by atoms with Gasteiger partial charge in [0.25, 0.3) is 5.91 Å². The molecule has 3 atom stereocenters. The maximum atomic E-state index is 12.9. The Morgan fingerprint density at radius 3 is 2.33 bits per heavy atom. The largest absolute Gasteiger partial charge is 0.391 e. The van der Waals surface area contributed by atoms with Crippen LogP contribution in [0.1, 0.15) is 57.3 Å². The number of hydrogen-bond acceptors (Lipinski definition) is 4. The standard InChI is InChI=1S/C24H35N3O3/c1-15(2)10-18(23(29)25-5)13-22(28)21(11-16(3)4)27-24(30)19-12-17-8-6-7-9-20(17)26-14-19/h6-9,12,14-16,18,21-22,28H,10-11,13H2,1-5H3,(H,25,29)(H,27,30)/t18-,21+,22+/m1/s1. The Morgan fingerprint density at radius 1 is 1.03 bits per heavy atom. The third-order valence-corrected chi connectivity index (χ3v) is 5.26. The molecule has 6 nitrogen and oxygen atoms in total. The second-order valence-electron chi connectivity index (χ2n) is 8.87. The van der Waals surface area contributed by atoms with Gasteiger partial charge in [0.1, 0.15) is 0 Å². The highest BCUT2D eigenvalue weighted by Crippen LogP contribution is 2.22. The molecule has 2 aromatic rings. The van der Waals surface area contributed by atoms with Crippen molar-refractivity contribution in [3.8, 4) is 0 Å². The first-order valence-corrected chi connectivity index (χ1v) is 10.8. The van der Waals surface area contributed by atoms with E-state index in [1.165, 1.54) is 0 Å². The summed E-state index contributed by atoms with van der Waals surface area (Å²) < 4.78 is 0. The van der Waals surface area contributed by atoms with Gasteiger partial charge in [0.05, 0.1) is 23.2 Å². The quantitative estimate of drug-likeness (QED) is 0.556. The smallest absolute Gasteiger partial charge is 0.253 e. The van der Waals surface area contributed by atoms with Crippen LogP contribution in [-0.4, -0.2) is 41.1 Å². The first-order chi connectivity index (χ1) is 14.2. The summed E-state index contributed by atoms with van der Waals surface area (Å²) in [5, 5.41) is 17.5. The molecule has 0 aliphatic rings. The molecule has 30 heavy (non-hydrogen) atoms. The minimum absolute atomic E-state index is 0.0731. The van der Waals surface area contributed by atoms with Crippen LogP contribution < -0.4 is 10.6 Å². The summed E-state index contributed by atoms with van der Waals surface area (Å²) in [6.07, 6.45) is 2.36. The van der Waals surface area contributed by atoms with Crippen molar-refractivity contribution < 1.29 is 14.7 Å². The highest BCUT2D eigenvalue weighted by atomic mass is 16.3. The lowest BCUT2D eigenvalue weighted by atomic mass is 9.87. The van der Waals surface area contributed by atoms with Crippen molar-refractivity contribution in [2.24, 2.45) is 17.8 Å². The molecule has 0 fully saturated rings. The predicted molar refractivity (Wildman–Crippen MR) is 120 cm³/mol. The zero-order valence-corrected chi connectivity index (χ0v) is 18.7. The van der Waals surface area contributed by atoms with E-state index in [0.29, 0.717) is 30.7 Å². The average Bonchev–Trinajstić information content (AvgIpc) is 2.70. The van der Waals surface area contributed by atoms with E-state index < -0.39 is 12.1 Å². The van der Waals surface area contributed by atoms with Gasteiger partial charge in [0.15, 0.2) is 0 Å². The molecule has 2 rings (SSSR count). The van der Waals surface area contributed by atoms with E-state index in [1.54, 1.807) is 13.2 Å². The number of hydrogen-bond donors (Lipinski definition) is 3. The van der Waals surface area contributed by atoms with Crippen molar-refractivity contribution in [2.45, 2.75) is 59.1 Å². The molecule has 6 heteroatoms. The molecular weight excluding hydrogens is 378 g/mol. The van der Waals surface area contributed by atoms with Gasteiger partial charge in [-0.2, -0.15) is 0 Å². The van der Waals surface area contributed by atoms with Crippen LogP contribution in [-0.2, 0) is 4.79 Å². The van der Waals surface area contributed by atoms with E-state index >= 15 is 0 Å². The molecule has 0 aliphatic carbocycles. The van der Waals surface area contributed by atoms with Gasteiger partial charge >= 0.3 is 0 Å². The Balaban J connectivity index is 2.16. The molecule has 0 unspecified atom stereocenters. The second-order valence-corrected chi connectivity index (χ2v) is 8.87. The molecule has 1 aromatic carbocycles. The number of fused-ring (bicyclic) bond motifs is 1. The summed E-state index contributed by atoms with van der Waals surface area (Å²) in [6.45, 7) is 8.21. The molecule has 3 N–H and O–H groups in total. The molecule has 0 aliphatic heterocycles. The minimum atomic E-state index is -0.814. The van der Waals surface area contributed by atoms with Crippen LogP contribution in [0.3, 0.4) is 0 Å². The summed E-state index contributed by atoms with van der Waals surface area (Å²) in [5.41, 5.74) is 1.29. The van der Waals surface area contributed by atoms with Crippen molar-refractivity contribution in [2.75, 3.05) is 7.05 Å². The fraction of sp³-hybridized carbons (Fsp3) is 0.542. The fourth-order valence-corrected chi connectivity index (χ4v) is 3.81. The normalized spacial score (nSPS) is 14.5. The summed E-state index contributed by atoms with van der Waals surface area (Å²) >= 11 is 0. The maximum Gasteiger partial charge on any atom is 0.253 e. The number of rotatable bonds is 10. The Kier molecular flexibility index (Phi) is 8.78. The van der Waals surface area contributed by atoms with Gasteiger partial charge in [0.2, 0.25) is 5.91 Å². The topological polar surface area (TPSA) is 91.3 Å². The number of para-hydroxylation sites is 1. The first kappa shape index (κ1) is 23.8. The number of benzene rings is 1. The fourth-order valence-electron chi connectivity index (χ4n) is 3.81. The number of carbonyl (C=O) groups is 2. The third-order valence-electron chi connectivity index (χ3n) is 5.26. The molecule has 0 saturated heterocycles. The zero-order valence-electron chi connectivity index (χ0n) is 18.7. The van der Waals surface area contributed by atoms with Gasteiger partial charge in [-0.3, -0.25) is 14.6 Å². The van der Waals surface area contributed by atoms with Gasteiger partial charge in [-0.05, 0) is 43.2 Å². The van der Waals surface area contributed by atoms with Crippen LogP contribution in [0.5, 0.6) is 0 Å². The van der Waals surface area contributed by atoms with Gasteiger partial charge in [-0.1, -0.05) is 45.9 Å². The Morgan fingerprint density at radius 2 is 1.70 bits per heavy atom. The summed E-state index contributed by atoms with van der Waals surface area (Å²) in [4.78, 5) is 29.5. The van der Waals surface area contributed by atoms with Crippen molar-refractivity contribution >= 4 is 22.7 Å². The van der Waals surface area contributed by atoms with E-state index in [2.05, 4.69) is 29.5 Å². The van der Waals surface area contributed by atoms with E-state index in [-0.39, 0.29) is 23.7 Å². The van der Waals surface area contributed by atoms with Crippen molar-refractivity contribution in [1.82, 2.24) is 15.6 Å². The van der Waals surface area contributed by atoms with E-state index in [0.717, 1.165) is 10.9 Å². The zero-order chi connectivity index (χ0) is 22.3. The van der Waals surface area contributed by atoms with Gasteiger partial charge in [-0.25, -0.2) is 0 Å². The number of nitrogens with one attached hydrogen (secondary N) is 2. The van der Waals surface area contributed by atoms with Crippen LogP contribution in [0.15, 0.2) is 36.5 Å². The lowest BCUT2D eigenvalue weighted by molar-refractivity contribution is -0.126. The monoisotopic (exact) mass is 413 g/mol. The molecule has 0 saturated carbocycles. The molecular formula is C24H35N3O3. The highest BCUT2D eigenvalue weighted by molar-refractivity contribution is 5.97. The van der Waals surface area contributed by atoms with Crippen LogP contribution in [0, 0.1) is 17.8 Å². The maximum absolute atomic E-state index is 12.9. The highest BCUT2D eigenvalue weighted by Gasteiger charge is 2.29. The van der Waals surface area contributed by atoms with Crippen molar-refractivity contribution in [3.05, 3.63) is 42.1 Å². The average molecular weight is 414 g/mol. The van der Waals surface area contributed by atoms with Crippen LogP contribution >= 0.6 is 0 Å². The molecule has 2 amide bonds. The number of amides is 2. The van der Waals surface area contributed by atoms with E-state index in [1.807, 2.05) is 44.2 Å². The summed E-state index contributed by atoms with van der Waals surface area (Å²) in [5.74, 6) is -0.0159. The number of aliphatic hydroxyl groups is 1. The molecule has 0 radical (unpaired) electrons.